The Balaban J connectivity index is 3.41. The number of ether oxygens (including phenoxy) is 1. The third-order valence-electron chi connectivity index (χ3n) is 15.2. The minimum Gasteiger partial charge on any atom is -0.466 e. The standard InChI is InChI=1S/C67H127NO5/c1-3-5-7-9-11-13-15-16-17-33-36-40-43-47-51-55-59-65(70)64(63-69)68-66(71)60-56-52-48-44-41-37-34-31-29-27-25-23-21-19-18-20-22-24-26-28-30-32-35-38-42-46-50-54-58-62-73-67(72)61-57-53-49-45-39-14-12-10-8-6-4-2/h10,12,18,20,24,26,64-65,69-70H,3-9,11,13-17,19,21-23,25,27-63H2,1-2H3,(H,68,71)/b12-10-,20-18-,26-24-. The molecular weight excluding hydrogens is 899 g/mol. The van der Waals surface area contributed by atoms with Crippen LogP contribution < -0.4 is 5.32 Å². The van der Waals surface area contributed by atoms with Crippen LogP contribution in [0.25, 0.3) is 0 Å². The molecule has 0 rings (SSSR count). The van der Waals surface area contributed by atoms with Gasteiger partial charge in [-0.3, -0.25) is 9.59 Å². The van der Waals surface area contributed by atoms with Gasteiger partial charge in [-0.2, -0.15) is 0 Å². The molecule has 0 radical (unpaired) electrons. The summed E-state index contributed by atoms with van der Waals surface area (Å²) in [5, 5.41) is 23.3. The highest BCUT2D eigenvalue weighted by Gasteiger charge is 2.20. The lowest BCUT2D eigenvalue weighted by Crippen LogP contribution is -2.45. The number of aliphatic hydroxyl groups is 2. The minimum absolute atomic E-state index is 0.000939. The first-order valence-corrected chi connectivity index (χ1v) is 32.7. The van der Waals surface area contributed by atoms with E-state index in [1.54, 1.807) is 0 Å². The lowest BCUT2D eigenvalue weighted by atomic mass is 10.0. The highest BCUT2D eigenvalue weighted by molar-refractivity contribution is 5.76. The molecule has 0 heterocycles. The van der Waals surface area contributed by atoms with Crippen LogP contribution in [0.15, 0.2) is 36.5 Å². The zero-order valence-electron chi connectivity index (χ0n) is 49.1. The molecule has 0 saturated heterocycles. The number of hydrogen-bond donors (Lipinski definition) is 3. The molecule has 0 aliphatic carbocycles. The van der Waals surface area contributed by atoms with E-state index in [1.807, 2.05) is 0 Å². The van der Waals surface area contributed by atoms with E-state index in [-0.39, 0.29) is 18.5 Å². The first-order valence-electron chi connectivity index (χ1n) is 32.7. The molecule has 430 valence electrons. The number of amides is 1. The van der Waals surface area contributed by atoms with Crippen molar-refractivity contribution in [1.82, 2.24) is 5.32 Å². The van der Waals surface area contributed by atoms with Gasteiger partial charge in [0.2, 0.25) is 5.91 Å². The number of nitrogens with one attached hydrogen (secondary N) is 1. The summed E-state index contributed by atoms with van der Waals surface area (Å²) in [6, 6.07) is -0.542. The second-order valence-electron chi connectivity index (χ2n) is 22.4. The fraction of sp³-hybridized carbons (Fsp3) is 0.881. The van der Waals surface area contributed by atoms with Crippen molar-refractivity contribution in [3.63, 3.8) is 0 Å². The van der Waals surface area contributed by atoms with Gasteiger partial charge < -0.3 is 20.3 Å². The van der Waals surface area contributed by atoms with Crippen molar-refractivity contribution in [2.24, 2.45) is 0 Å². The Morgan fingerprint density at radius 3 is 1.10 bits per heavy atom. The summed E-state index contributed by atoms with van der Waals surface area (Å²) < 4.78 is 5.46. The van der Waals surface area contributed by atoms with Crippen LogP contribution in [0.5, 0.6) is 0 Å². The smallest absolute Gasteiger partial charge is 0.305 e. The molecule has 1 amide bonds. The van der Waals surface area contributed by atoms with Crippen LogP contribution in [0.1, 0.15) is 354 Å². The Morgan fingerprint density at radius 1 is 0.384 bits per heavy atom. The van der Waals surface area contributed by atoms with Gasteiger partial charge in [0, 0.05) is 12.8 Å². The Kier molecular flexibility index (Phi) is 61.0. The van der Waals surface area contributed by atoms with Crippen molar-refractivity contribution in [2.75, 3.05) is 13.2 Å². The lowest BCUT2D eigenvalue weighted by molar-refractivity contribution is -0.143. The lowest BCUT2D eigenvalue weighted by Gasteiger charge is -2.22. The van der Waals surface area contributed by atoms with Gasteiger partial charge in [-0.1, -0.05) is 301 Å². The number of carbonyl (C=O) groups excluding carboxylic acids is 2. The van der Waals surface area contributed by atoms with Crippen molar-refractivity contribution < 1.29 is 24.5 Å². The highest BCUT2D eigenvalue weighted by atomic mass is 16.5. The summed E-state index contributed by atoms with van der Waals surface area (Å²) >= 11 is 0. The van der Waals surface area contributed by atoms with Crippen molar-refractivity contribution in [2.45, 2.75) is 366 Å². The van der Waals surface area contributed by atoms with E-state index in [9.17, 15) is 19.8 Å². The van der Waals surface area contributed by atoms with E-state index in [4.69, 9.17) is 4.74 Å². The molecule has 0 aliphatic heterocycles. The number of aliphatic hydroxyl groups excluding tert-OH is 2. The molecule has 0 spiro atoms. The number of carbonyl (C=O) groups is 2. The topological polar surface area (TPSA) is 95.9 Å². The largest absolute Gasteiger partial charge is 0.466 e. The van der Waals surface area contributed by atoms with Crippen molar-refractivity contribution >= 4 is 11.9 Å². The number of allylic oxidation sites excluding steroid dienone is 6. The molecule has 3 N–H and O–H groups in total. The van der Waals surface area contributed by atoms with Gasteiger partial charge in [-0.05, 0) is 77.0 Å². The number of esters is 1. The summed E-state index contributed by atoms with van der Waals surface area (Å²) in [6.45, 7) is 4.93. The zero-order chi connectivity index (χ0) is 52.9. The summed E-state index contributed by atoms with van der Waals surface area (Å²) in [6.07, 6.45) is 78.9. The maximum absolute atomic E-state index is 12.5. The van der Waals surface area contributed by atoms with Crippen molar-refractivity contribution in [1.29, 1.82) is 0 Å². The summed E-state index contributed by atoms with van der Waals surface area (Å²) in [5.41, 5.74) is 0. The predicted molar refractivity (Wildman–Crippen MR) is 319 cm³/mol. The van der Waals surface area contributed by atoms with Gasteiger partial charge in [0.15, 0.2) is 0 Å². The van der Waals surface area contributed by atoms with Crippen LogP contribution in [0.2, 0.25) is 0 Å². The van der Waals surface area contributed by atoms with E-state index in [0.717, 1.165) is 51.4 Å². The van der Waals surface area contributed by atoms with Crippen LogP contribution in [0.3, 0.4) is 0 Å². The Morgan fingerprint density at radius 2 is 0.699 bits per heavy atom. The van der Waals surface area contributed by atoms with Crippen LogP contribution in [-0.4, -0.2) is 47.4 Å². The first kappa shape index (κ1) is 71.1. The second-order valence-corrected chi connectivity index (χ2v) is 22.4. The minimum atomic E-state index is -0.665. The second kappa shape index (κ2) is 62.6. The van der Waals surface area contributed by atoms with Gasteiger partial charge in [0.05, 0.1) is 25.4 Å². The van der Waals surface area contributed by atoms with Crippen LogP contribution in [0.4, 0.5) is 0 Å². The van der Waals surface area contributed by atoms with Crippen molar-refractivity contribution in [3.05, 3.63) is 36.5 Å². The van der Waals surface area contributed by atoms with Gasteiger partial charge in [0.25, 0.3) is 0 Å². The van der Waals surface area contributed by atoms with E-state index < -0.39 is 12.1 Å². The highest BCUT2D eigenvalue weighted by Crippen LogP contribution is 2.18. The molecule has 0 aromatic carbocycles. The average molecular weight is 1030 g/mol. The molecule has 0 aromatic heterocycles. The van der Waals surface area contributed by atoms with E-state index in [1.165, 1.54) is 270 Å². The zero-order valence-corrected chi connectivity index (χ0v) is 49.1. The van der Waals surface area contributed by atoms with Gasteiger partial charge in [-0.15, -0.1) is 0 Å². The number of hydrogen-bond acceptors (Lipinski definition) is 5. The maximum Gasteiger partial charge on any atom is 0.305 e. The fourth-order valence-electron chi connectivity index (χ4n) is 10.1. The van der Waals surface area contributed by atoms with Gasteiger partial charge in [0.1, 0.15) is 0 Å². The normalized spacial score (nSPS) is 12.8. The third-order valence-corrected chi connectivity index (χ3v) is 15.2. The molecule has 0 aromatic rings. The Hall–Kier alpha value is -1.92. The molecule has 6 heteroatoms. The molecule has 2 unspecified atom stereocenters. The van der Waals surface area contributed by atoms with Crippen LogP contribution in [0, 0.1) is 0 Å². The van der Waals surface area contributed by atoms with Gasteiger partial charge >= 0.3 is 5.97 Å². The monoisotopic (exact) mass is 1030 g/mol. The van der Waals surface area contributed by atoms with Crippen LogP contribution >= 0.6 is 0 Å². The number of unbranched alkanes of at least 4 members (excludes halogenated alkanes) is 44. The van der Waals surface area contributed by atoms with E-state index in [2.05, 4.69) is 55.6 Å². The summed E-state index contributed by atoms with van der Waals surface area (Å²) in [7, 11) is 0. The van der Waals surface area contributed by atoms with Crippen molar-refractivity contribution in [3.8, 4) is 0 Å². The summed E-state index contributed by atoms with van der Waals surface area (Å²) in [5.74, 6) is -0.0328. The Bertz CT molecular complexity index is 1180. The quantitative estimate of drug-likeness (QED) is 0.0320. The first-order chi connectivity index (χ1) is 36.0. The third kappa shape index (κ3) is 59.2. The average Bonchev–Trinajstić information content (AvgIpc) is 3.39. The molecule has 0 fully saturated rings. The van der Waals surface area contributed by atoms with Crippen LogP contribution in [-0.2, 0) is 14.3 Å². The Labute approximate surface area is 455 Å². The van der Waals surface area contributed by atoms with E-state index >= 15 is 0 Å². The molecule has 0 bridgehead atoms. The molecule has 73 heavy (non-hydrogen) atoms. The van der Waals surface area contributed by atoms with E-state index in [0.29, 0.717) is 25.9 Å². The van der Waals surface area contributed by atoms with Gasteiger partial charge in [-0.25, -0.2) is 0 Å². The molecule has 0 aliphatic rings. The fourth-order valence-corrected chi connectivity index (χ4v) is 10.1. The summed E-state index contributed by atoms with van der Waals surface area (Å²) in [4.78, 5) is 24.5. The molecule has 6 nitrogen and oxygen atoms in total. The molecular formula is C67H127NO5. The number of rotatable bonds is 61. The molecule has 2 atom stereocenters. The SMILES string of the molecule is CCCC/C=C\CCCCCCCC(=O)OCCCCCCCCCCC/C=C\C/C=C\CCCCCCCCCCCCCCCC(=O)NC(CO)C(O)CCCCCCCCCCCCCCCCCC. The maximum atomic E-state index is 12.5. The predicted octanol–water partition coefficient (Wildman–Crippen LogP) is 20.8. The molecule has 0 saturated carbocycles.